The van der Waals surface area contributed by atoms with Gasteiger partial charge >= 0.3 is 5.70 Å². The Morgan fingerprint density at radius 2 is 2.05 bits per heavy atom. The number of nitrogens with zero attached hydrogens (tertiary/aromatic N) is 1. The fraction of sp³-hybridized carbons (Fsp3) is 0.250. The highest BCUT2D eigenvalue weighted by Crippen LogP contribution is 2.24. The molecule has 0 spiro atoms. The molecule has 0 saturated carbocycles. The third kappa shape index (κ3) is 3.27. The highest BCUT2D eigenvalue weighted by atomic mass is 35.5. The van der Waals surface area contributed by atoms with E-state index in [4.69, 9.17) is 11.6 Å². The van der Waals surface area contributed by atoms with Crippen molar-refractivity contribution in [1.29, 1.82) is 0 Å². The zero-order valence-corrected chi connectivity index (χ0v) is 11.5. The first-order valence-corrected chi connectivity index (χ1v) is 7.01. The molecule has 1 aromatic rings. The van der Waals surface area contributed by atoms with Crippen molar-refractivity contribution in [2.75, 3.05) is 12.3 Å². The summed E-state index contributed by atoms with van der Waals surface area (Å²) in [4.78, 5) is 22.7. The molecule has 1 aliphatic rings. The second-order valence-corrected chi connectivity index (χ2v) is 5.44. The number of carbonyl (C=O) groups is 1. The maximum absolute atomic E-state index is 12.2. The normalized spacial score (nSPS) is 17.5. The zero-order valence-electron chi connectivity index (χ0n) is 9.89. The highest BCUT2D eigenvalue weighted by Gasteiger charge is 2.30. The first-order valence-electron chi connectivity index (χ1n) is 5.65. The van der Waals surface area contributed by atoms with E-state index in [2.05, 4.69) is 5.32 Å². The van der Waals surface area contributed by atoms with E-state index in [9.17, 15) is 14.9 Å². The Kier molecular flexibility index (Phi) is 4.44. The summed E-state index contributed by atoms with van der Waals surface area (Å²) >= 11 is 7.04. The largest absolute Gasteiger partial charge is 0.374 e. The van der Waals surface area contributed by atoms with E-state index >= 15 is 0 Å². The van der Waals surface area contributed by atoms with Crippen LogP contribution in [0.5, 0.6) is 0 Å². The number of halogens is 1. The number of benzene rings is 1. The minimum Gasteiger partial charge on any atom is -0.374 e. The number of thioether (sulfide) groups is 1. The van der Waals surface area contributed by atoms with Crippen LogP contribution in [0.4, 0.5) is 0 Å². The Balaban J connectivity index is 2.36. The molecule has 0 aliphatic carbocycles. The van der Waals surface area contributed by atoms with Crippen molar-refractivity contribution in [2.24, 2.45) is 0 Å². The highest BCUT2D eigenvalue weighted by molar-refractivity contribution is 8.03. The third-order valence-corrected chi connectivity index (χ3v) is 3.94. The zero-order chi connectivity index (χ0) is 13.8. The lowest BCUT2D eigenvalue weighted by Crippen LogP contribution is -2.25. The van der Waals surface area contributed by atoms with Crippen molar-refractivity contribution in [3.8, 4) is 0 Å². The summed E-state index contributed by atoms with van der Waals surface area (Å²) in [6.07, 6.45) is 0.925. The molecule has 1 aromatic carbocycles. The average Bonchev–Trinajstić information content (AvgIpc) is 2.40. The van der Waals surface area contributed by atoms with E-state index in [0.717, 1.165) is 12.2 Å². The average molecular weight is 299 g/mol. The SMILES string of the molecule is O=C(/C(=C1/NCCCS1)[N+](=O)[O-])c1ccc(Cl)cc1. The van der Waals surface area contributed by atoms with Gasteiger partial charge in [0.2, 0.25) is 0 Å². The van der Waals surface area contributed by atoms with Crippen molar-refractivity contribution in [3.63, 3.8) is 0 Å². The number of carbonyl (C=O) groups excluding carboxylic acids is 1. The van der Waals surface area contributed by atoms with Crippen LogP contribution in [0.2, 0.25) is 5.02 Å². The second-order valence-electron chi connectivity index (χ2n) is 3.90. The lowest BCUT2D eigenvalue weighted by atomic mass is 10.1. The van der Waals surface area contributed by atoms with Crippen LogP contribution in [0, 0.1) is 10.1 Å². The van der Waals surface area contributed by atoms with Crippen LogP contribution in [0.25, 0.3) is 0 Å². The molecule has 1 N–H and O–H groups in total. The first kappa shape index (κ1) is 13.9. The maximum atomic E-state index is 12.2. The van der Waals surface area contributed by atoms with E-state index in [1.54, 1.807) is 12.1 Å². The summed E-state index contributed by atoms with van der Waals surface area (Å²) in [7, 11) is 0. The minimum absolute atomic E-state index is 0.261. The Morgan fingerprint density at radius 1 is 1.37 bits per heavy atom. The molecule has 5 nitrogen and oxygen atoms in total. The molecule has 0 radical (unpaired) electrons. The minimum atomic E-state index is -0.627. The first-order chi connectivity index (χ1) is 9.09. The van der Waals surface area contributed by atoms with Gasteiger partial charge < -0.3 is 5.32 Å². The summed E-state index contributed by atoms with van der Waals surface area (Å²) in [6.45, 7) is 0.646. The third-order valence-electron chi connectivity index (χ3n) is 2.57. The van der Waals surface area contributed by atoms with Gasteiger partial charge in [-0.15, -0.1) is 11.8 Å². The summed E-state index contributed by atoms with van der Waals surface area (Å²) in [5.41, 5.74) is -0.136. The summed E-state index contributed by atoms with van der Waals surface area (Å²) < 4.78 is 0. The Labute approximate surface area is 119 Å². The smallest absolute Gasteiger partial charge is 0.346 e. The molecular formula is C12H11ClN2O3S. The maximum Gasteiger partial charge on any atom is 0.346 e. The van der Waals surface area contributed by atoms with Gasteiger partial charge in [0.15, 0.2) is 5.03 Å². The van der Waals surface area contributed by atoms with Gasteiger partial charge in [-0.05, 0) is 30.7 Å². The molecule has 0 aromatic heterocycles. The summed E-state index contributed by atoms with van der Waals surface area (Å²) in [5, 5.41) is 14.9. The number of ketones is 1. The van der Waals surface area contributed by atoms with Crippen LogP contribution in [-0.4, -0.2) is 23.0 Å². The van der Waals surface area contributed by atoms with Gasteiger partial charge in [-0.2, -0.15) is 0 Å². The van der Waals surface area contributed by atoms with E-state index in [1.165, 1.54) is 23.9 Å². The number of nitro groups is 1. The van der Waals surface area contributed by atoms with Gasteiger partial charge in [0.25, 0.3) is 5.78 Å². The summed E-state index contributed by atoms with van der Waals surface area (Å²) in [6, 6.07) is 6.06. The van der Waals surface area contributed by atoms with Gasteiger partial charge in [-0.1, -0.05) is 11.6 Å². The Bertz CT molecular complexity index is 534. The van der Waals surface area contributed by atoms with Crippen molar-refractivity contribution in [1.82, 2.24) is 5.32 Å². The van der Waals surface area contributed by atoms with Crippen LogP contribution >= 0.6 is 23.4 Å². The molecule has 1 aliphatic heterocycles. The predicted octanol–water partition coefficient (Wildman–Crippen LogP) is 2.70. The van der Waals surface area contributed by atoms with E-state index < -0.39 is 16.4 Å². The number of nitrogens with one attached hydrogen (secondary N) is 1. The lowest BCUT2D eigenvalue weighted by molar-refractivity contribution is -0.417. The fourth-order valence-electron chi connectivity index (χ4n) is 1.66. The molecule has 0 atom stereocenters. The van der Waals surface area contributed by atoms with Crippen LogP contribution in [0.3, 0.4) is 0 Å². The van der Waals surface area contributed by atoms with Crippen molar-refractivity contribution < 1.29 is 9.72 Å². The predicted molar refractivity (Wildman–Crippen MR) is 74.9 cm³/mol. The van der Waals surface area contributed by atoms with Gasteiger partial charge in [-0.3, -0.25) is 14.9 Å². The molecule has 19 heavy (non-hydrogen) atoms. The van der Waals surface area contributed by atoms with Crippen LogP contribution in [-0.2, 0) is 0 Å². The van der Waals surface area contributed by atoms with Gasteiger partial charge in [0, 0.05) is 22.9 Å². The molecule has 0 amide bonds. The van der Waals surface area contributed by atoms with Crippen molar-refractivity contribution >= 4 is 29.1 Å². The topological polar surface area (TPSA) is 72.2 Å². The standard InChI is InChI=1S/C12H11ClN2O3S/c13-9-4-2-8(3-5-9)11(16)10(15(17)18)12-14-6-1-7-19-12/h2-5,14H,1,6-7H2/b12-10+. The van der Waals surface area contributed by atoms with Crippen LogP contribution in [0.1, 0.15) is 16.8 Å². The summed E-state index contributed by atoms with van der Waals surface area (Å²) in [5.74, 6) is 0.173. The quantitative estimate of drug-likeness (QED) is 0.402. The molecule has 7 heteroatoms. The molecular weight excluding hydrogens is 288 g/mol. The van der Waals surface area contributed by atoms with Crippen LogP contribution < -0.4 is 5.32 Å². The number of hydrogen-bond acceptors (Lipinski definition) is 5. The van der Waals surface area contributed by atoms with Gasteiger partial charge in [-0.25, -0.2) is 0 Å². The number of Topliss-reactive ketones (excluding diaryl/α,β-unsaturated/α-hetero) is 1. The Hall–Kier alpha value is -1.53. The fourth-order valence-corrected chi connectivity index (χ4v) is 2.79. The van der Waals surface area contributed by atoms with Gasteiger partial charge in [0.1, 0.15) is 0 Å². The molecule has 100 valence electrons. The molecule has 0 bridgehead atoms. The molecule has 1 saturated heterocycles. The van der Waals surface area contributed by atoms with E-state index in [0.29, 0.717) is 16.6 Å². The molecule has 1 heterocycles. The van der Waals surface area contributed by atoms with Crippen molar-refractivity contribution in [3.05, 3.63) is 55.7 Å². The van der Waals surface area contributed by atoms with Crippen molar-refractivity contribution in [2.45, 2.75) is 6.42 Å². The van der Waals surface area contributed by atoms with E-state index in [1.807, 2.05) is 0 Å². The van der Waals surface area contributed by atoms with E-state index in [-0.39, 0.29) is 5.56 Å². The van der Waals surface area contributed by atoms with Crippen LogP contribution in [0.15, 0.2) is 35.0 Å². The van der Waals surface area contributed by atoms with Gasteiger partial charge in [0.05, 0.1) is 4.92 Å². The second kappa shape index (κ2) is 6.08. The molecule has 0 unspecified atom stereocenters. The molecule has 1 fully saturated rings. The number of allylic oxidation sites excluding steroid dienone is 1. The number of hydrogen-bond donors (Lipinski definition) is 1. The molecule has 2 rings (SSSR count). The monoisotopic (exact) mass is 298 g/mol. The Morgan fingerprint density at radius 3 is 2.58 bits per heavy atom. The number of rotatable bonds is 3. The lowest BCUT2D eigenvalue weighted by Gasteiger charge is -2.15.